The van der Waals surface area contributed by atoms with E-state index in [9.17, 15) is 18.0 Å². The second-order valence-electron chi connectivity index (χ2n) is 6.22. The van der Waals surface area contributed by atoms with E-state index in [-0.39, 0.29) is 18.2 Å². The molecule has 0 radical (unpaired) electrons. The summed E-state index contributed by atoms with van der Waals surface area (Å²) < 4.78 is 46.6. The molecule has 0 saturated carbocycles. The molecule has 0 unspecified atom stereocenters. The SMILES string of the molecule is CSc1nc(-c2ccco2)nc(C)c1C(=O)NCc1ccc(OCC(F)(F)F)cc1. The van der Waals surface area contributed by atoms with Gasteiger partial charge in [0.05, 0.1) is 17.5 Å². The van der Waals surface area contributed by atoms with Crippen LogP contribution in [0.3, 0.4) is 0 Å². The molecule has 0 bridgehead atoms. The minimum Gasteiger partial charge on any atom is -0.484 e. The first kappa shape index (κ1) is 21.7. The number of aryl methyl sites for hydroxylation is 1. The predicted octanol–water partition coefficient (Wildman–Crippen LogP) is 4.64. The van der Waals surface area contributed by atoms with Crippen LogP contribution in [0.5, 0.6) is 5.75 Å². The second-order valence-corrected chi connectivity index (χ2v) is 7.02. The molecule has 0 aliphatic heterocycles. The van der Waals surface area contributed by atoms with Gasteiger partial charge in [0, 0.05) is 6.54 Å². The molecular formula is C20H18F3N3O3S. The average molecular weight is 437 g/mol. The van der Waals surface area contributed by atoms with Crippen LogP contribution >= 0.6 is 11.8 Å². The van der Waals surface area contributed by atoms with Gasteiger partial charge >= 0.3 is 6.18 Å². The summed E-state index contributed by atoms with van der Waals surface area (Å²) in [6, 6.07) is 9.49. The van der Waals surface area contributed by atoms with Crippen molar-refractivity contribution in [2.24, 2.45) is 0 Å². The van der Waals surface area contributed by atoms with Crippen molar-refractivity contribution >= 4 is 17.7 Å². The first-order chi connectivity index (χ1) is 14.3. The second kappa shape index (κ2) is 9.21. The Morgan fingerprint density at radius 3 is 2.53 bits per heavy atom. The minimum absolute atomic E-state index is 0.102. The molecule has 2 aromatic heterocycles. The number of benzene rings is 1. The van der Waals surface area contributed by atoms with Crippen molar-refractivity contribution in [2.45, 2.75) is 24.7 Å². The molecule has 0 fully saturated rings. The predicted molar refractivity (Wildman–Crippen MR) is 105 cm³/mol. The highest BCUT2D eigenvalue weighted by molar-refractivity contribution is 7.98. The molecule has 3 rings (SSSR count). The Bertz CT molecular complexity index is 1010. The highest BCUT2D eigenvalue weighted by Crippen LogP contribution is 2.25. The number of nitrogens with zero attached hydrogens (tertiary/aromatic N) is 2. The molecule has 0 aliphatic rings. The zero-order valence-electron chi connectivity index (χ0n) is 16.1. The van der Waals surface area contributed by atoms with Crippen molar-refractivity contribution < 1.29 is 27.1 Å². The summed E-state index contributed by atoms with van der Waals surface area (Å²) >= 11 is 1.32. The number of carbonyl (C=O) groups excluding carboxylic acids is 1. The molecule has 3 aromatic rings. The molecular weight excluding hydrogens is 419 g/mol. The summed E-state index contributed by atoms with van der Waals surface area (Å²) in [5, 5.41) is 3.30. The first-order valence-electron chi connectivity index (χ1n) is 8.80. The number of thioether (sulfide) groups is 1. The fourth-order valence-corrected chi connectivity index (χ4v) is 3.23. The number of alkyl halides is 3. The lowest BCUT2D eigenvalue weighted by atomic mass is 10.2. The fraction of sp³-hybridized carbons (Fsp3) is 0.250. The van der Waals surface area contributed by atoms with Crippen molar-refractivity contribution in [1.82, 2.24) is 15.3 Å². The maximum Gasteiger partial charge on any atom is 0.422 e. The smallest absolute Gasteiger partial charge is 0.422 e. The monoisotopic (exact) mass is 437 g/mol. The number of carbonyl (C=O) groups is 1. The third kappa shape index (κ3) is 5.53. The van der Waals surface area contributed by atoms with Gasteiger partial charge in [-0.15, -0.1) is 11.8 Å². The zero-order chi connectivity index (χ0) is 21.7. The Kier molecular flexibility index (Phi) is 6.66. The number of halogens is 3. The summed E-state index contributed by atoms with van der Waals surface area (Å²) in [5.41, 5.74) is 1.58. The highest BCUT2D eigenvalue weighted by Gasteiger charge is 2.28. The van der Waals surface area contributed by atoms with Crippen LogP contribution in [-0.4, -0.2) is 34.9 Å². The van der Waals surface area contributed by atoms with Crippen LogP contribution in [0.25, 0.3) is 11.6 Å². The van der Waals surface area contributed by atoms with Crippen molar-refractivity contribution in [3.63, 3.8) is 0 Å². The van der Waals surface area contributed by atoms with Crippen molar-refractivity contribution in [3.05, 3.63) is 59.5 Å². The van der Waals surface area contributed by atoms with Gasteiger partial charge in [-0.2, -0.15) is 13.2 Å². The van der Waals surface area contributed by atoms with Gasteiger partial charge in [-0.3, -0.25) is 4.79 Å². The van der Waals surface area contributed by atoms with E-state index in [0.29, 0.717) is 33.4 Å². The molecule has 10 heteroatoms. The Hall–Kier alpha value is -3.01. The van der Waals surface area contributed by atoms with Gasteiger partial charge in [-0.25, -0.2) is 9.97 Å². The lowest BCUT2D eigenvalue weighted by Crippen LogP contribution is -2.25. The standard InChI is InChI=1S/C20H18F3N3O3S/c1-12-16(19(30-2)26-17(25-12)15-4-3-9-28-15)18(27)24-10-13-5-7-14(8-6-13)29-11-20(21,22)23/h3-9H,10-11H2,1-2H3,(H,24,27). The molecule has 2 heterocycles. The molecule has 30 heavy (non-hydrogen) atoms. The van der Waals surface area contributed by atoms with Crippen molar-refractivity contribution in [1.29, 1.82) is 0 Å². The lowest BCUT2D eigenvalue weighted by Gasteiger charge is -2.12. The summed E-state index contributed by atoms with van der Waals surface area (Å²) in [5.74, 6) is 0.658. The number of aromatic nitrogens is 2. The third-order valence-electron chi connectivity index (χ3n) is 4.00. The largest absolute Gasteiger partial charge is 0.484 e. The van der Waals surface area contributed by atoms with Crippen LogP contribution in [-0.2, 0) is 6.54 Å². The van der Waals surface area contributed by atoms with Gasteiger partial charge in [0.25, 0.3) is 5.91 Å². The van der Waals surface area contributed by atoms with Gasteiger partial charge in [0.1, 0.15) is 10.8 Å². The number of ether oxygens (including phenoxy) is 1. The first-order valence-corrected chi connectivity index (χ1v) is 10.0. The maximum absolute atomic E-state index is 12.7. The maximum atomic E-state index is 12.7. The van der Waals surface area contributed by atoms with Crippen LogP contribution in [0.2, 0.25) is 0 Å². The van der Waals surface area contributed by atoms with E-state index >= 15 is 0 Å². The van der Waals surface area contributed by atoms with Crippen LogP contribution in [0.4, 0.5) is 13.2 Å². The van der Waals surface area contributed by atoms with Crippen LogP contribution in [0.1, 0.15) is 21.6 Å². The van der Waals surface area contributed by atoms with Crippen LogP contribution in [0.15, 0.2) is 52.1 Å². The molecule has 0 spiro atoms. The number of hydrogen-bond acceptors (Lipinski definition) is 6. The Labute approximate surface area is 174 Å². The molecule has 0 atom stereocenters. The number of nitrogens with one attached hydrogen (secondary N) is 1. The van der Waals surface area contributed by atoms with Crippen LogP contribution < -0.4 is 10.1 Å². The van der Waals surface area contributed by atoms with E-state index in [1.54, 1.807) is 31.2 Å². The minimum atomic E-state index is -4.39. The average Bonchev–Trinajstić information content (AvgIpc) is 3.25. The lowest BCUT2D eigenvalue weighted by molar-refractivity contribution is -0.153. The van der Waals surface area contributed by atoms with Gasteiger partial charge in [0.2, 0.25) is 0 Å². The normalized spacial score (nSPS) is 11.4. The number of hydrogen-bond donors (Lipinski definition) is 1. The van der Waals surface area contributed by atoms with E-state index < -0.39 is 12.8 Å². The molecule has 6 nitrogen and oxygen atoms in total. The molecule has 0 saturated heterocycles. The topological polar surface area (TPSA) is 77.2 Å². The molecule has 158 valence electrons. The van der Waals surface area contributed by atoms with E-state index in [1.807, 2.05) is 6.26 Å². The Morgan fingerprint density at radius 1 is 1.20 bits per heavy atom. The van der Waals surface area contributed by atoms with Gasteiger partial charge < -0.3 is 14.5 Å². The summed E-state index contributed by atoms with van der Waals surface area (Å²) in [4.78, 5) is 21.5. The third-order valence-corrected chi connectivity index (χ3v) is 4.68. The van der Waals surface area contributed by atoms with E-state index in [4.69, 9.17) is 4.42 Å². The van der Waals surface area contributed by atoms with Crippen molar-refractivity contribution in [2.75, 3.05) is 12.9 Å². The van der Waals surface area contributed by atoms with Gasteiger partial charge in [-0.1, -0.05) is 12.1 Å². The van der Waals surface area contributed by atoms with E-state index in [2.05, 4.69) is 20.0 Å². The summed E-state index contributed by atoms with van der Waals surface area (Å²) in [7, 11) is 0. The number of amides is 1. The molecule has 0 aliphatic carbocycles. The Morgan fingerprint density at radius 2 is 1.93 bits per heavy atom. The summed E-state index contributed by atoms with van der Waals surface area (Å²) in [6.45, 7) is 0.551. The highest BCUT2D eigenvalue weighted by atomic mass is 32.2. The van der Waals surface area contributed by atoms with Crippen LogP contribution in [0, 0.1) is 6.92 Å². The summed E-state index contributed by atoms with van der Waals surface area (Å²) in [6.07, 6.45) is -1.06. The molecule has 1 aromatic carbocycles. The van der Waals surface area contributed by atoms with E-state index in [1.165, 1.54) is 30.2 Å². The van der Waals surface area contributed by atoms with Gasteiger partial charge in [-0.05, 0) is 43.0 Å². The van der Waals surface area contributed by atoms with Crippen molar-refractivity contribution in [3.8, 4) is 17.3 Å². The fourth-order valence-electron chi connectivity index (χ4n) is 2.61. The molecule has 1 N–H and O–H groups in total. The number of furan rings is 1. The molecule has 1 amide bonds. The van der Waals surface area contributed by atoms with E-state index in [0.717, 1.165) is 0 Å². The zero-order valence-corrected chi connectivity index (χ0v) is 16.9. The number of rotatable bonds is 7. The quantitative estimate of drug-likeness (QED) is 0.429. The Balaban J connectivity index is 1.67. The van der Waals surface area contributed by atoms with Gasteiger partial charge in [0.15, 0.2) is 18.2 Å².